The van der Waals surface area contributed by atoms with Crippen molar-refractivity contribution in [3.8, 4) is 16.9 Å². The van der Waals surface area contributed by atoms with Crippen LogP contribution in [0.25, 0.3) is 22.0 Å². The summed E-state index contributed by atoms with van der Waals surface area (Å²) in [6.45, 7) is 4.05. The minimum atomic E-state index is -0.949. The molecule has 0 unspecified atom stereocenters. The van der Waals surface area contributed by atoms with Crippen molar-refractivity contribution >= 4 is 22.8 Å². The molecule has 0 saturated heterocycles. The van der Waals surface area contributed by atoms with E-state index < -0.39 is 5.97 Å². The van der Waals surface area contributed by atoms with Gasteiger partial charge in [0.1, 0.15) is 5.75 Å². The molecule has 0 bridgehead atoms. The zero-order valence-electron chi connectivity index (χ0n) is 14.3. The molecule has 1 heterocycles. The summed E-state index contributed by atoms with van der Waals surface area (Å²) >= 11 is 0. The Hall–Kier alpha value is -3.15. The molecule has 0 saturated carbocycles. The summed E-state index contributed by atoms with van der Waals surface area (Å²) in [7, 11) is 1.60. The molecule has 0 aliphatic carbocycles. The average molecular weight is 337 g/mol. The number of carbonyl (C=O) groups is 1. The molecule has 0 aliphatic heterocycles. The zero-order chi connectivity index (χ0) is 18.0. The molecule has 0 fully saturated rings. The molecule has 25 heavy (non-hydrogen) atoms. The predicted octanol–water partition coefficient (Wildman–Crippen LogP) is 3.82. The molecule has 2 aromatic carbocycles. The Morgan fingerprint density at radius 1 is 1.20 bits per heavy atom. The Labute approximate surface area is 145 Å². The SMILES string of the molecule is COc1cc2nc(NC(C)C)ncc2cc1-c1ccc(C(=O)O)cc1. The molecule has 6 nitrogen and oxygen atoms in total. The van der Waals surface area contributed by atoms with Crippen LogP contribution in [0.3, 0.4) is 0 Å². The molecule has 0 spiro atoms. The van der Waals surface area contributed by atoms with Gasteiger partial charge in [0.15, 0.2) is 0 Å². The third-order valence-electron chi connectivity index (χ3n) is 3.76. The second-order valence-electron chi connectivity index (χ2n) is 5.99. The number of hydrogen-bond acceptors (Lipinski definition) is 5. The second-order valence-corrected chi connectivity index (χ2v) is 5.99. The number of hydrogen-bond donors (Lipinski definition) is 2. The number of carboxylic acids is 1. The zero-order valence-corrected chi connectivity index (χ0v) is 14.3. The summed E-state index contributed by atoms with van der Waals surface area (Å²) in [5, 5.41) is 13.1. The Balaban J connectivity index is 2.07. The standard InChI is InChI=1S/C19H19N3O3/c1-11(2)21-19-20-10-14-8-15(17(25-3)9-16(14)22-19)12-4-6-13(7-5-12)18(23)24/h4-11H,1-3H3,(H,23,24)(H,20,21,22). The van der Waals surface area contributed by atoms with Crippen LogP contribution in [0.1, 0.15) is 24.2 Å². The van der Waals surface area contributed by atoms with Crippen LogP contribution in [-0.2, 0) is 0 Å². The van der Waals surface area contributed by atoms with Crippen molar-refractivity contribution in [2.24, 2.45) is 0 Å². The van der Waals surface area contributed by atoms with E-state index in [0.717, 1.165) is 22.0 Å². The second kappa shape index (κ2) is 6.76. The Kier molecular flexibility index (Phi) is 4.52. The van der Waals surface area contributed by atoms with Gasteiger partial charge in [-0.15, -0.1) is 0 Å². The lowest BCUT2D eigenvalue weighted by Gasteiger charge is -2.12. The number of methoxy groups -OCH3 is 1. The lowest BCUT2D eigenvalue weighted by Crippen LogP contribution is -2.12. The van der Waals surface area contributed by atoms with Gasteiger partial charge in [0.25, 0.3) is 0 Å². The smallest absolute Gasteiger partial charge is 0.335 e. The third kappa shape index (κ3) is 3.52. The van der Waals surface area contributed by atoms with Crippen molar-refractivity contribution in [2.45, 2.75) is 19.9 Å². The maximum atomic E-state index is 11.0. The van der Waals surface area contributed by atoms with Gasteiger partial charge in [0.2, 0.25) is 5.95 Å². The summed E-state index contributed by atoms with van der Waals surface area (Å²) in [5.74, 6) is 0.295. The molecule has 0 radical (unpaired) electrons. The summed E-state index contributed by atoms with van der Waals surface area (Å²) in [5.41, 5.74) is 2.75. The quantitative estimate of drug-likeness (QED) is 0.736. The lowest BCUT2D eigenvalue weighted by molar-refractivity contribution is 0.0697. The molecule has 128 valence electrons. The van der Waals surface area contributed by atoms with Crippen molar-refractivity contribution in [1.29, 1.82) is 0 Å². The third-order valence-corrected chi connectivity index (χ3v) is 3.76. The fraction of sp³-hybridized carbons (Fsp3) is 0.211. The number of ether oxygens (including phenoxy) is 1. The van der Waals surface area contributed by atoms with Gasteiger partial charge in [0, 0.05) is 29.3 Å². The van der Waals surface area contributed by atoms with Crippen molar-refractivity contribution in [1.82, 2.24) is 9.97 Å². The van der Waals surface area contributed by atoms with Crippen LogP contribution in [0.2, 0.25) is 0 Å². The summed E-state index contributed by atoms with van der Waals surface area (Å²) in [6, 6.07) is 10.7. The van der Waals surface area contributed by atoms with Crippen molar-refractivity contribution in [3.05, 3.63) is 48.2 Å². The minimum absolute atomic E-state index is 0.242. The van der Waals surface area contributed by atoms with E-state index in [-0.39, 0.29) is 11.6 Å². The molecule has 3 aromatic rings. The van der Waals surface area contributed by atoms with Gasteiger partial charge >= 0.3 is 5.97 Å². The van der Waals surface area contributed by atoms with Crippen molar-refractivity contribution < 1.29 is 14.6 Å². The van der Waals surface area contributed by atoms with Crippen LogP contribution >= 0.6 is 0 Å². The molecule has 1 aromatic heterocycles. The van der Waals surface area contributed by atoms with E-state index >= 15 is 0 Å². The van der Waals surface area contributed by atoms with E-state index in [9.17, 15) is 4.79 Å². The first-order valence-corrected chi connectivity index (χ1v) is 7.93. The minimum Gasteiger partial charge on any atom is -0.496 e. The molecular formula is C19H19N3O3. The summed E-state index contributed by atoms with van der Waals surface area (Å²) in [6.07, 6.45) is 1.77. The van der Waals surface area contributed by atoms with Gasteiger partial charge in [-0.1, -0.05) is 12.1 Å². The number of carboxylic acid groups (broad SMARTS) is 1. The number of anilines is 1. The molecule has 0 atom stereocenters. The van der Waals surface area contributed by atoms with Gasteiger partial charge in [-0.2, -0.15) is 0 Å². The summed E-state index contributed by atoms with van der Waals surface area (Å²) < 4.78 is 5.51. The number of fused-ring (bicyclic) bond motifs is 1. The highest BCUT2D eigenvalue weighted by Gasteiger charge is 2.11. The first kappa shape index (κ1) is 16.7. The maximum Gasteiger partial charge on any atom is 0.335 e. The predicted molar refractivity (Wildman–Crippen MR) is 97.2 cm³/mol. The summed E-state index contributed by atoms with van der Waals surface area (Å²) in [4.78, 5) is 19.9. The van der Waals surface area contributed by atoms with Crippen LogP contribution in [0.5, 0.6) is 5.75 Å². The van der Waals surface area contributed by atoms with E-state index in [0.29, 0.717) is 11.7 Å². The molecule has 3 rings (SSSR count). The molecule has 0 amide bonds. The number of nitrogens with zero attached hydrogens (tertiary/aromatic N) is 2. The number of rotatable bonds is 5. The van der Waals surface area contributed by atoms with E-state index in [1.807, 2.05) is 26.0 Å². The van der Waals surface area contributed by atoms with E-state index in [2.05, 4.69) is 15.3 Å². The highest BCUT2D eigenvalue weighted by Crippen LogP contribution is 2.33. The number of aromatic carboxylic acids is 1. The van der Waals surface area contributed by atoms with Gasteiger partial charge in [-0.25, -0.2) is 14.8 Å². The van der Waals surface area contributed by atoms with Gasteiger partial charge < -0.3 is 15.2 Å². The molecule has 2 N–H and O–H groups in total. The molecular weight excluding hydrogens is 318 g/mol. The highest BCUT2D eigenvalue weighted by molar-refractivity contribution is 5.91. The van der Waals surface area contributed by atoms with Crippen LogP contribution < -0.4 is 10.1 Å². The van der Waals surface area contributed by atoms with Crippen LogP contribution in [0.4, 0.5) is 5.95 Å². The van der Waals surface area contributed by atoms with Crippen LogP contribution in [0.15, 0.2) is 42.6 Å². The Morgan fingerprint density at radius 2 is 1.92 bits per heavy atom. The molecule has 6 heteroatoms. The van der Waals surface area contributed by atoms with Crippen molar-refractivity contribution in [2.75, 3.05) is 12.4 Å². The van der Waals surface area contributed by atoms with Gasteiger partial charge in [-0.05, 0) is 37.6 Å². The fourth-order valence-corrected chi connectivity index (χ4v) is 2.57. The maximum absolute atomic E-state index is 11.0. The first-order valence-electron chi connectivity index (χ1n) is 7.93. The normalized spacial score (nSPS) is 10.9. The van der Waals surface area contributed by atoms with Crippen molar-refractivity contribution in [3.63, 3.8) is 0 Å². The van der Waals surface area contributed by atoms with E-state index in [4.69, 9.17) is 9.84 Å². The average Bonchev–Trinajstić information content (AvgIpc) is 2.60. The van der Waals surface area contributed by atoms with Crippen LogP contribution in [0, 0.1) is 0 Å². The van der Waals surface area contributed by atoms with E-state index in [1.165, 1.54) is 0 Å². The number of aromatic nitrogens is 2. The van der Waals surface area contributed by atoms with Gasteiger partial charge in [0.05, 0.1) is 18.2 Å². The fourth-order valence-electron chi connectivity index (χ4n) is 2.57. The Morgan fingerprint density at radius 3 is 2.52 bits per heavy atom. The number of nitrogens with one attached hydrogen (secondary N) is 1. The van der Waals surface area contributed by atoms with Crippen LogP contribution in [-0.4, -0.2) is 34.2 Å². The molecule has 0 aliphatic rings. The number of benzene rings is 2. The Bertz CT molecular complexity index is 921. The van der Waals surface area contributed by atoms with Gasteiger partial charge in [-0.3, -0.25) is 0 Å². The largest absolute Gasteiger partial charge is 0.496 e. The lowest BCUT2D eigenvalue weighted by atomic mass is 10.0. The topological polar surface area (TPSA) is 84.3 Å². The monoisotopic (exact) mass is 337 g/mol. The van der Waals surface area contributed by atoms with E-state index in [1.54, 1.807) is 37.6 Å². The first-order chi connectivity index (χ1) is 12.0. The highest BCUT2D eigenvalue weighted by atomic mass is 16.5.